The number of rotatable bonds is 2. The van der Waals surface area contributed by atoms with E-state index in [-0.39, 0.29) is 10.7 Å². The summed E-state index contributed by atoms with van der Waals surface area (Å²) in [6.07, 6.45) is -3.86. The summed E-state index contributed by atoms with van der Waals surface area (Å²) in [6, 6.07) is 6.23. The number of anilines is 1. The van der Waals surface area contributed by atoms with Crippen molar-refractivity contribution in [2.24, 2.45) is 0 Å². The summed E-state index contributed by atoms with van der Waals surface area (Å²) < 4.78 is 37.7. The summed E-state index contributed by atoms with van der Waals surface area (Å²) in [5.41, 5.74) is -1.56. The van der Waals surface area contributed by atoms with Crippen molar-refractivity contribution < 1.29 is 18.0 Å². The molecule has 1 amide bonds. The number of nitrogens with one attached hydrogen (secondary N) is 2. The van der Waals surface area contributed by atoms with Crippen molar-refractivity contribution in [3.05, 3.63) is 46.7 Å². The molecule has 0 radical (unpaired) electrons. The molecule has 0 saturated heterocycles. The van der Waals surface area contributed by atoms with Gasteiger partial charge in [-0.05, 0) is 12.1 Å². The normalized spacial score (nSPS) is 11.4. The third-order valence-corrected chi connectivity index (χ3v) is 2.62. The molecule has 2 N–H and O–H groups in total. The van der Waals surface area contributed by atoms with E-state index >= 15 is 0 Å². The number of amides is 1. The standard InChI is InChI=1S/C11H7ClF3N3O/c12-7-3-1-2-4-8(7)17-10(19)6-5-16-18-9(6)11(13,14)15/h1-5H,(H,16,18)(H,17,19). The molecule has 1 heterocycles. The third-order valence-electron chi connectivity index (χ3n) is 2.29. The van der Waals surface area contributed by atoms with Crippen LogP contribution in [0.3, 0.4) is 0 Å². The summed E-state index contributed by atoms with van der Waals surface area (Å²) in [7, 11) is 0. The summed E-state index contributed by atoms with van der Waals surface area (Å²) in [5.74, 6) is -0.936. The van der Waals surface area contributed by atoms with Gasteiger partial charge in [-0.15, -0.1) is 0 Å². The van der Waals surface area contributed by atoms with E-state index in [1.165, 1.54) is 12.1 Å². The molecule has 100 valence electrons. The Hall–Kier alpha value is -2.02. The highest BCUT2D eigenvalue weighted by Gasteiger charge is 2.37. The maximum Gasteiger partial charge on any atom is 0.433 e. The molecule has 0 spiro atoms. The van der Waals surface area contributed by atoms with Crippen LogP contribution in [0.1, 0.15) is 16.1 Å². The smallest absolute Gasteiger partial charge is 0.321 e. The molecule has 0 bridgehead atoms. The minimum Gasteiger partial charge on any atom is -0.321 e. The molecule has 1 aromatic carbocycles. The summed E-state index contributed by atoms with van der Waals surface area (Å²) >= 11 is 5.80. The van der Waals surface area contributed by atoms with Crippen LogP contribution in [0.4, 0.5) is 18.9 Å². The van der Waals surface area contributed by atoms with Crippen molar-refractivity contribution >= 4 is 23.2 Å². The molecule has 1 aromatic heterocycles. The van der Waals surface area contributed by atoms with Crippen LogP contribution in [-0.4, -0.2) is 16.1 Å². The second kappa shape index (κ2) is 4.93. The topological polar surface area (TPSA) is 57.8 Å². The van der Waals surface area contributed by atoms with Crippen molar-refractivity contribution in [2.75, 3.05) is 5.32 Å². The zero-order valence-electron chi connectivity index (χ0n) is 9.25. The van der Waals surface area contributed by atoms with Gasteiger partial charge in [-0.2, -0.15) is 18.3 Å². The Kier molecular flexibility index (Phi) is 3.48. The van der Waals surface area contributed by atoms with E-state index in [1.807, 2.05) is 0 Å². The largest absolute Gasteiger partial charge is 0.433 e. The number of benzene rings is 1. The van der Waals surface area contributed by atoms with Crippen LogP contribution in [-0.2, 0) is 6.18 Å². The SMILES string of the molecule is O=C(Nc1ccccc1Cl)c1cn[nH]c1C(F)(F)F. The monoisotopic (exact) mass is 289 g/mol. The van der Waals surface area contributed by atoms with Crippen molar-refractivity contribution in [3.8, 4) is 0 Å². The van der Waals surface area contributed by atoms with E-state index < -0.39 is 23.3 Å². The Balaban J connectivity index is 2.27. The van der Waals surface area contributed by atoms with Gasteiger partial charge in [0.05, 0.1) is 22.5 Å². The number of carbonyl (C=O) groups excluding carboxylic acids is 1. The molecule has 0 saturated carbocycles. The van der Waals surface area contributed by atoms with Gasteiger partial charge in [0.1, 0.15) is 0 Å². The van der Waals surface area contributed by atoms with Crippen molar-refractivity contribution in [2.45, 2.75) is 6.18 Å². The quantitative estimate of drug-likeness (QED) is 0.891. The van der Waals surface area contributed by atoms with Crippen molar-refractivity contribution in [3.63, 3.8) is 0 Å². The van der Waals surface area contributed by atoms with E-state index in [0.29, 0.717) is 0 Å². The molecule has 0 aliphatic rings. The van der Waals surface area contributed by atoms with E-state index in [4.69, 9.17) is 11.6 Å². The van der Waals surface area contributed by atoms with Crippen LogP contribution < -0.4 is 5.32 Å². The Bertz CT molecular complexity index is 609. The number of hydrogen-bond donors (Lipinski definition) is 2. The van der Waals surface area contributed by atoms with Gasteiger partial charge in [0, 0.05) is 0 Å². The number of H-pyrrole nitrogens is 1. The molecule has 4 nitrogen and oxygen atoms in total. The number of para-hydroxylation sites is 1. The number of nitrogens with zero attached hydrogens (tertiary/aromatic N) is 1. The number of carbonyl (C=O) groups is 1. The van der Waals surface area contributed by atoms with Gasteiger partial charge in [-0.25, -0.2) is 0 Å². The summed E-state index contributed by atoms with van der Waals surface area (Å²) in [4.78, 5) is 11.8. The Morgan fingerprint density at radius 1 is 1.32 bits per heavy atom. The summed E-state index contributed by atoms with van der Waals surface area (Å²) in [5, 5.41) is 7.52. The first-order chi connectivity index (χ1) is 8.89. The molecular weight excluding hydrogens is 283 g/mol. The molecular formula is C11H7ClF3N3O. The first-order valence-electron chi connectivity index (χ1n) is 5.06. The second-order valence-electron chi connectivity index (χ2n) is 3.59. The number of halogens is 4. The first kappa shape index (κ1) is 13.4. The lowest BCUT2D eigenvalue weighted by Crippen LogP contribution is -2.17. The minimum absolute atomic E-state index is 0.225. The lowest BCUT2D eigenvalue weighted by atomic mass is 10.2. The van der Waals surface area contributed by atoms with Gasteiger partial charge >= 0.3 is 6.18 Å². The maximum absolute atomic E-state index is 12.6. The van der Waals surface area contributed by atoms with Crippen LogP contribution in [0.25, 0.3) is 0 Å². The van der Waals surface area contributed by atoms with E-state index in [9.17, 15) is 18.0 Å². The fourth-order valence-electron chi connectivity index (χ4n) is 1.43. The highest BCUT2D eigenvalue weighted by atomic mass is 35.5. The molecule has 8 heteroatoms. The van der Waals surface area contributed by atoms with Gasteiger partial charge in [0.2, 0.25) is 0 Å². The van der Waals surface area contributed by atoms with Gasteiger partial charge < -0.3 is 5.32 Å². The Morgan fingerprint density at radius 3 is 2.63 bits per heavy atom. The third kappa shape index (κ3) is 2.87. The van der Waals surface area contributed by atoms with Crippen molar-refractivity contribution in [1.82, 2.24) is 10.2 Å². The molecule has 0 unspecified atom stereocenters. The highest BCUT2D eigenvalue weighted by Crippen LogP contribution is 2.30. The van der Waals surface area contributed by atoms with Crippen LogP contribution >= 0.6 is 11.6 Å². The predicted octanol–water partition coefficient (Wildman–Crippen LogP) is 3.33. The first-order valence-corrected chi connectivity index (χ1v) is 5.44. The molecule has 0 atom stereocenters. The summed E-state index contributed by atoms with van der Waals surface area (Å²) in [6.45, 7) is 0. The lowest BCUT2D eigenvalue weighted by molar-refractivity contribution is -0.141. The van der Waals surface area contributed by atoms with Gasteiger partial charge in [0.25, 0.3) is 5.91 Å². The number of aromatic nitrogens is 2. The molecule has 0 fully saturated rings. The Labute approximate surface area is 110 Å². The van der Waals surface area contributed by atoms with Gasteiger partial charge in [0.15, 0.2) is 5.69 Å². The zero-order valence-corrected chi connectivity index (χ0v) is 10.0. The van der Waals surface area contributed by atoms with E-state index in [2.05, 4.69) is 10.4 Å². The Morgan fingerprint density at radius 2 is 2.00 bits per heavy atom. The highest BCUT2D eigenvalue weighted by molar-refractivity contribution is 6.33. The fourth-order valence-corrected chi connectivity index (χ4v) is 1.61. The van der Waals surface area contributed by atoms with E-state index in [0.717, 1.165) is 6.20 Å². The molecule has 0 aliphatic heterocycles. The average molecular weight is 290 g/mol. The van der Waals surface area contributed by atoms with E-state index in [1.54, 1.807) is 17.2 Å². The molecule has 0 aliphatic carbocycles. The molecule has 2 rings (SSSR count). The lowest BCUT2D eigenvalue weighted by Gasteiger charge is -2.08. The fraction of sp³-hybridized carbons (Fsp3) is 0.0909. The van der Waals surface area contributed by atoms with Crippen LogP contribution in [0, 0.1) is 0 Å². The van der Waals surface area contributed by atoms with Crippen LogP contribution in [0.2, 0.25) is 5.02 Å². The number of alkyl halides is 3. The predicted molar refractivity (Wildman–Crippen MR) is 63.0 cm³/mol. The van der Waals surface area contributed by atoms with Crippen molar-refractivity contribution in [1.29, 1.82) is 0 Å². The molecule has 19 heavy (non-hydrogen) atoms. The minimum atomic E-state index is -4.68. The zero-order chi connectivity index (χ0) is 14.0. The molecule has 2 aromatic rings. The number of hydrogen-bond acceptors (Lipinski definition) is 2. The van der Waals surface area contributed by atoms with Crippen LogP contribution in [0.15, 0.2) is 30.5 Å². The number of aromatic amines is 1. The second-order valence-corrected chi connectivity index (χ2v) is 4.00. The van der Waals surface area contributed by atoms with Crippen LogP contribution in [0.5, 0.6) is 0 Å². The van der Waals surface area contributed by atoms with Gasteiger partial charge in [-0.3, -0.25) is 9.89 Å². The maximum atomic E-state index is 12.6. The van der Waals surface area contributed by atoms with Gasteiger partial charge in [-0.1, -0.05) is 23.7 Å². The average Bonchev–Trinajstić information content (AvgIpc) is 2.81.